The highest BCUT2D eigenvalue weighted by atomic mass is 35.5. The number of carboxylic acid groups (broad SMARTS) is 1. The summed E-state index contributed by atoms with van der Waals surface area (Å²) in [5.41, 5.74) is 1.70. The fourth-order valence-corrected chi connectivity index (χ4v) is 3.67. The SMILES string of the molecule is O=C(O)C1CCCN(C(c2ccccn2)c2cccc(Cl)c2Cl)C1. The van der Waals surface area contributed by atoms with Crippen molar-refractivity contribution < 1.29 is 9.90 Å². The van der Waals surface area contributed by atoms with E-state index >= 15 is 0 Å². The molecule has 3 rings (SSSR count). The number of hydrogen-bond donors (Lipinski definition) is 1. The van der Waals surface area contributed by atoms with Crippen LogP contribution in [0.25, 0.3) is 0 Å². The molecule has 4 nitrogen and oxygen atoms in total. The van der Waals surface area contributed by atoms with Crippen LogP contribution in [0, 0.1) is 5.92 Å². The van der Waals surface area contributed by atoms with Crippen molar-refractivity contribution in [3.05, 3.63) is 63.9 Å². The van der Waals surface area contributed by atoms with Crippen molar-refractivity contribution in [1.82, 2.24) is 9.88 Å². The summed E-state index contributed by atoms with van der Waals surface area (Å²) in [5.74, 6) is -1.13. The summed E-state index contributed by atoms with van der Waals surface area (Å²) in [6, 6.07) is 11.0. The quantitative estimate of drug-likeness (QED) is 0.879. The number of carbonyl (C=O) groups is 1. The molecule has 2 heterocycles. The molecule has 1 saturated heterocycles. The normalized spacial score (nSPS) is 19.8. The van der Waals surface area contributed by atoms with E-state index in [9.17, 15) is 9.90 Å². The van der Waals surface area contributed by atoms with Crippen LogP contribution in [-0.4, -0.2) is 34.0 Å². The molecule has 2 unspecified atom stereocenters. The summed E-state index contributed by atoms with van der Waals surface area (Å²) in [5, 5.41) is 10.4. The van der Waals surface area contributed by atoms with Gasteiger partial charge in [-0.2, -0.15) is 0 Å². The van der Waals surface area contributed by atoms with E-state index in [2.05, 4.69) is 9.88 Å². The molecule has 0 aliphatic carbocycles. The van der Waals surface area contributed by atoms with Crippen molar-refractivity contribution in [2.45, 2.75) is 18.9 Å². The minimum Gasteiger partial charge on any atom is -0.481 e. The Balaban J connectivity index is 2.03. The molecule has 1 aliphatic rings. The van der Waals surface area contributed by atoms with Gasteiger partial charge in [0.1, 0.15) is 0 Å². The van der Waals surface area contributed by atoms with Crippen LogP contribution in [0.2, 0.25) is 10.0 Å². The first kappa shape index (κ1) is 17.2. The first-order chi connectivity index (χ1) is 11.6. The Bertz CT molecular complexity index is 724. The minimum absolute atomic E-state index is 0.209. The summed E-state index contributed by atoms with van der Waals surface area (Å²) >= 11 is 12.7. The Kier molecular flexibility index (Phi) is 5.39. The molecule has 24 heavy (non-hydrogen) atoms. The van der Waals surface area contributed by atoms with Crippen LogP contribution in [-0.2, 0) is 4.79 Å². The molecule has 0 spiro atoms. The number of piperidine rings is 1. The minimum atomic E-state index is -0.753. The summed E-state index contributed by atoms with van der Waals surface area (Å²) in [7, 11) is 0. The highest BCUT2D eigenvalue weighted by Gasteiger charge is 2.33. The summed E-state index contributed by atoms with van der Waals surface area (Å²) in [6.45, 7) is 1.27. The van der Waals surface area contributed by atoms with Gasteiger partial charge in [0.25, 0.3) is 0 Å². The third kappa shape index (κ3) is 3.56. The van der Waals surface area contributed by atoms with Gasteiger partial charge in [0.15, 0.2) is 0 Å². The lowest BCUT2D eigenvalue weighted by molar-refractivity contribution is -0.143. The lowest BCUT2D eigenvalue weighted by atomic mass is 9.93. The summed E-state index contributed by atoms with van der Waals surface area (Å²) in [6.07, 6.45) is 3.27. The predicted molar refractivity (Wildman–Crippen MR) is 94.5 cm³/mol. The number of pyridine rings is 1. The van der Waals surface area contributed by atoms with E-state index in [0.29, 0.717) is 23.0 Å². The number of carboxylic acids is 1. The predicted octanol–water partition coefficient (Wildman–Crippen LogP) is 4.27. The largest absolute Gasteiger partial charge is 0.481 e. The van der Waals surface area contributed by atoms with Crippen LogP contribution >= 0.6 is 23.2 Å². The van der Waals surface area contributed by atoms with Crippen LogP contribution in [0.15, 0.2) is 42.6 Å². The van der Waals surface area contributed by atoms with Crippen LogP contribution in [0.3, 0.4) is 0 Å². The first-order valence-corrected chi connectivity index (χ1v) is 8.65. The van der Waals surface area contributed by atoms with E-state index in [1.807, 2.05) is 30.3 Å². The Hall–Kier alpha value is -1.62. The molecule has 6 heteroatoms. The maximum Gasteiger partial charge on any atom is 0.307 e. The molecular formula is C18H18Cl2N2O2. The maximum atomic E-state index is 11.4. The molecule has 0 radical (unpaired) electrons. The molecule has 2 aromatic rings. The second-order valence-electron chi connectivity index (χ2n) is 5.97. The fraction of sp³-hybridized carbons (Fsp3) is 0.333. The molecule has 1 aromatic carbocycles. The number of aliphatic carboxylic acids is 1. The maximum absolute atomic E-state index is 11.4. The molecule has 126 valence electrons. The zero-order chi connectivity index (χ0) is 17.1. The van der Waals surface area contributed by atoms with Crippen LogP contribution in [0.1, 0.15) is 30.1 Å². The van der Waals surface area contributed by atoms with Gasteiger partial charge in [0.2, 0.25) is 0 Å². The van der Waals surface area contributed by atoms with E-state index in [4.69, 9.17) is 23.2 Å². The standard InChI is InChI=1S/C18H18Cl2N2O2/c19-14-7-3-6-13(16(14)20)17(15-8-1-2-9-21-15)22-10-4-5-12(11-22)18(23)24/h1-3,6-9,12,17H,4-5,10-11H2,(H,23,24). The highest BCUT2D eigenvalue weighted by Crippen LogP contribution is 2.37. The summed E-state index contributed by atoms with van der Waals surface area (Å²) < 4.78 is 0. The lowest BCUT2D eigenvalue weighted by Gasteiger charge is -2.37. The number of aromatic nitrogens is 1. The van der Waals surface area contributed by atoms with Gasteiger partial charge < -0.3 is 5.11 Å². The Morgan fingerprint density at radius 1 is 1.25 bits per heavy atom. The molecule has 0 bridgehead atoms. The van der Waals surface area contributed by atoms with Crippen LogP contribution in [0.5, 0.6) is 0 Å². The Morgan fingerprint density at radius 3 is 2.79 bits per heavy atom. The number of halogens is 2. The van der Waals surface area contributed by atoms with Crippen molar-refractivity contribution >= 4 is 29.2 Å². The van der Waals surface area contributed by atoms with Gasteiger partial charge in [-0.3, -0.25) is 14.7 Å². The van der Waals surface area contributed by atoms with Gasteiger partial charge in [0.05, 0.1) is 27.7 Å². The second-order valence-corrected chi connectivity index (χ2v) is 6.76. The number of benzene rings is 1. The van der Waals surface area contributed by atoms with Gasteiger partial charge in [0, 0.05) is 12.7 Å². The molecule has 0 saturated carbocycles. The molecule has 1 N–H and O–H groups in total. The number of rotatable bonds is 4. The lowest BCUT2D eigenvalue weighted by Crippen LogP contribution is -2.41. The van der Waals surface area contributed by atoms with Crippen molar-refractivity contribution in [1.29, 1.82) is 0 Å². The highest BCUT2D eigenvalue weighted by molar-refractivity contribution is 6.42. The van der Waals surface area contributed by atoms with Crippen molar-refractivity contribution in [3.8, 4) is 0 Å². The zero-order valence-corrected chi connectivity index (χ0v) is 14.5. The Morgan fingerprint density at radius 2 is 2.08 bits per heavy atom. The van der Waals surface area contributed by atoms with E-state index in [1.165, 1.54) is 0 Å². The number of hydrogen-bond acceptors (Lipinski definition) is 3. The zero-order valence-electron chi connectivity index (χ0n) is 13.0. The van der Waals surface area contributed by atoms with E-state index in [-0.39, 0.29) is 12.0 Å². The molecule has 0 amide bonds. The summed E-state index contributed by atoms with van der Waals surface area (Å²) in [4.78, 5) is 18.0. The fourth-order valence-electron chi connectivity index (χ4n) is 3.25. The number of nitrogens with zero attached hydrogens (tertiary/aromatic N) is 2. The van der Waals surface area contributed by atoms with Crippen molar-refractivity contribution in [2.24, 2.45) is 5.92 Å². The third-order valence-electron chi connectivity index (χ3n) is 4.41. The van der Waals surface area contributed by atoms with E-state index in [0.717, 1.165) is 24.2 Å². The molecular weight excluding hydrogens is 347 g/mol. The van der Waals surface area contributed by atoms with Crippen LogP contribution < -0.4 is 0 Å². The molecule has 1 aliphatic heterocycles. The number of likely N-dealkylation sites (tertiary alicyclic amines) is 1. The van der Waals surface area contributed by atoms with Gasteiger partial charge in [-0.05, 0) is 43.1 Å². The molecule has 1 fully saturated rings. The van der Waals surface area contributed by atoms with Gasteiger partial charge in [-0.15, -0.1) is 0 Å². The van der Waals surface area contributed by atoms with Gasteiger partial charge >= 0.3 is 5.97 Å². The second kappa shape index (κ2) is 7.51. The monoisotopic (exact) mass is 364 g/mol. The average Bonchev–Trinajstić information content (AvgIpc) is 2.60. The van der Waals surface area contributed by atoms with Crippen molar-refractivity contribution in [3.63, 3.8) is 0 Å². The average molecular weight is 365 g/mol. The molecule has 1 aromatic heterocycles. The van der Waals surface area contributed by atoms with Crippen LogP contribution in [0.4, 0.5) is 0 Å². The smallest absolute Gasteiger partial charge is 0.307 e. The topological polar surface area (TPSA) is 53.4 Å². The van der Waals surface area contributed by atoms with E-state index < -0.39 is 5.97 Å². The third-order valence-corrected chi connectivity index (χ3v) is 5.24. The first-order valence-electron chi connectivity index (χ1n) is 7.89. The van der Waals surface area contributed by atoms with Gasteiger partial charge in [-0.25, -0.2) is 0 Å². The van der Waals surface area contributed by atoms with Crippen molar-refractivity contribution in [2.75, 3.05) is 13.1 Å². The Labute approximate surface area is 151 Å². The van der Waals surface area contributed by atoms with Gasteiger partial charge in [-0.1, -0.05) is 41.4 Å². The molecule has 2 atom stereocenters. The van der Waals surface area contributed by atoms with E-state index in [1.54, 1.807) is 12.3 Å².